The minimum absolute atomic E-state index is 0.403. The Hall–Kier alpha value is -3.45. The van der Waals surface area contributed by atoms with E-state index < -0.39 is 5.95 Å². The average molecular weight is 396 g/mol. The van der Waals surface area contributed by atoms with Crippen molar-refractivity contribution >= 4 is 12.1 Å². The molecule has 29 heavy (non-hydrogen) atoms. The van der Waals surface area contributed by atoms with E-state index in [2.05, 4.69) is 29.1 Å². The van der Waals surface area contributed by atoms with Gasteiger partial charge in [0.05, 0.1) is 5.69 Å². The number of ether oxygens (including phenoxy) is 1. The Morgan fingerprint density at radius 2 is 1.83 bits per heavy atom. The van der Waals surface area contributed by atoms with Crippen LogP contribution in [0.25, 0.3) is 11.3 Å². The van der Waals surface area contributed by atoms with Crippen LogP contribution in [0.3, 0.4) is 0 Å². The van der Waals surface area contributed by atoms with Crippen molar-refractivity contribution in [1.82, 2.24) is 10.4 Å². The van der Waals surface area contributed by atoms with Gasteiger partial charge in [-0.1, -0.05) is 18.2 Å². The molecule has 0 spiro atoms. The van der Waals surface area contributed by atoms with Crippen LogP contribution in [0.2, 0.25) is 0 Å². The molecular formula is C22H25FN4O2. The summed E-state index contributed by atoms with van der Waals surface area (Å²) < 4.78 is 19.3. The van der Waals surface area contributed by atoms with Gasteiger partial charge in [0.15, 0.2) is 0 Å². The Bertz CT molecular complexity index is 963. The zero-order valence-corrected chi connectivity index (χ0v) is 16.7. The zero-order chi connectivity index (χ0) is 21.2. The fourth-order valence-electron chi connectivity index (χ4n) is 2.82. The summed E-state index contributed by atoms with van der Waals surface area (Å²) in [6.07, 6.45) is 0.403. The molecular weight excluding hydrogens is 371 g/mol. The van der Waals surface area contributed by atoms with Gasteiger partial charge >= 0.3 is 0 Å². The maximum atomic E-state index is 13.3. The van der Waals surface area contributed by atoms with Gasteiger partial charge in [-0.05, 0) is 61.4 Å². The van der Waals surface area contributed by atoms with E-state index in [0.29, 0.717) is 18.7 Å². The van der Waals surface area contributed by atoms with Gasteiger partial charge in [-0.15, -0.1) is 0 Å². The number of carbonyl (C=O) groups excluding carboxylic acids is 1. The smallest absolute Gasteiger partial charge is 0.221 e. The molecule has 0 unspecified atom stereocenters. The Morgan fingerprint density at radius 3 is 2.45 bits per heavy atom. The predicted molar refractivity (Wildman–Crippen MR) is 113 cm³/mol. The number of benzene rings is 2. The van der Waals surface area contributed by atoms with Crippen molar-refractivity contribution in [2.24, 2.45) is 5.84 Å². The van der Waals surface area contributed by atoms with Crippen molar-refractivity contribution in [1.29, 1.82) is 0 Å². The second-order valence-corrected chi connectivity index (χ2v) is 6.25. The number of nitrogens with one attached hydrogen (secondary N) is 2. The second kappa shape index (κ2) is 10.8. The Labute approximate surface area is 169 Å². The Balaban J connectivity index is 0.000000687. The molecule has 0 fully saturated rings. The molecule has 2 aromatic carbocycles. The van der Waals surface area contributed by atoms with Gasteiger partial charge in [0, 0.05) is 23.9 Å². The molecule has 6 nitrogen and oxygen atoms in total. The van der Waals surface area contributed by atoms with Crippen LogP contribution < -0.4 is 21.3 Å². The van der Waals surface area contributed by atoms with Crippen LogP contribution in [0, 0.1) is 19.8 Å². The molecule has 0 aliphatic carbocycles. The van der Waals surface area contributed by atoms with E-state index in [1.165, 1.54) is 11.6 Å². The lowest BCUT2D eigenvalue weighted by Gasteiger charge is -2.15. The first-order valence-corrected chi connectivity index (χ1v) is 9.02. The molecule has 1 amide bonds. The fraction of sp³-hybridized carbons (Fsp3) is 0.182. The lowest BCUT2D eigenvalue weighted by Crippen LogP contribution is -2.18. The van der Waals surface area contributed by atoms with E-state index in [0.717, 1.165) is 28.1 Å². The molecule has 4 N–H and O–H groups in total. The molecule has 0 radical (unpaired) electrons. The SMILES string of the molecule is CNc1cccc(C)c1COc1ccc(-c2cccc(F)n2)cc1C.NNC=O. The second-order valence-electron chi connectivity index (χ2n) is 6.25. The van der Waals surface area contributed by atoms with Gasteiger partial charge in [0.25, 0.3) is 0 Å². The number of carbonyl (C=O) groups is 1. The van der Waals surface area contributed by atoms with Crippen molar-refractivity contribution in [2.75, 3.05) is 12.4 Å². The minimum atomic E-state index is -0.477. The number of amides is 1. The highest BCUT2D eigenvalue weighted by Gasteiger charge is 2.08. The summed E-state index contributed by atoms with van der Waals surface area (Å²) in [4.78, 5) is 12.9. The van der Waals surface area contributed by atoms with Crippen LogP contribution in [0.5, 0.6) is 5.75 Å². The molecule has 152 valence electrons. The number of nitrogens with two attached hydrogens (primary N) is 1. The van der Waals surface area contributed by atoms with E-state index in [1.807, 2.05) is 44.3 Å². The number of halogens is 1. The monoisotopic (exact) mass is 396 g/mol. The number of nitrogens with zero attached hydrogens (tertiary/aromatic N) is 1. The van der Waals surface area contributed by atoms with Crippen molar-refractivity contribution in [3.63, 3.8) is 0 Å². The van der Waals surface area contributed by atoms with E-state index in [1.54, 1.807) is 17.6 Å². The zero-order valence-electron chi connectivity index (χ0n) is 16.7. The van der Waals surface area contributed by atoms with Crippen molar-refractivity contribution in [2.45, 2.75) is 20.5 Å². The number of pyridine rings is 1. The summed E-state index contributed by atoms with van der Waals surface area (Å²) in [5, 5.41) is 3.20. The third kappa shape index (κ3) is 6.02. The third-order valence-corrected chi connectivity index (χ3v) is 4.31. The number of hydrazine groups is 1. The topological polar surface area (TPSA) is 89.3 Å². The van der Waals surface area contributed by atoms with Crippen LogP contribution in [-0.2, 0) is 11.4 Å². The third-order valence-electron chi connectivity index (χ3n) is 4.31. The number of aromatic nitrogens is 1. The van der Waals surface area contributed by atoms with E-state index in [-0.39, 0.29) is 0 Å². The molecule has 0 atom stereocenters. The highest BCUT2D eigenvalue weighted by atomic mass is 19.1. The first kappa shape index (κ1) is 21.8. The average Bonchev–Trinajstić information content (AvgIpc) is 2.73. The molecule has 1 heterocycles. The van der Waals surface area contributed by atoms with Crippen LogP contribution in [0.15, 0.2) is 54.6 Å². The van der Waals surface area contributed by atoms with Crippen LogP contribution in [0.4, 0.5) is 10.1 Å². The van der Waals surface area contributed by atoms with Crippen molar-refractivity contribution < 1.29 is 13.9 Å². The lowest BCUT2D eigenvalue weighted by atomic mass is 10.1. The first-order chi connectivity index (χ1) is 14.0. The highest BCUT2D eigenvalue weighted by Crippen LogP contribution is 2.27. The van der Waals surface area contributed by atoms with Gasteiger partial charge in [0.1, 0.15) is 12.4 Å². The summed E-state index contributed by atoms with van der Waals surface area (Å²) in [5.74, 6) is 4.74. The predicted octanol–water partition coefficient (Wildman–Crippen LogP) is 3.73. The quantitative estimate of drug-likeness (QED) is 0.194. The molecule has 0 saturated heterocycles. The van der Waals surface area contributed by atoms with E-state index in [9.17, 15) is 4.39 Å². The molecule has 3 rings (SSSR count). The minimum Gasteiger partial charge on any atom is -0.489 e. The number of hydrogen-bond donors (Lipinski definition) is 3. The number of hydrogen-bond acceptors (Lipinski definition) is 5. The highest BCUT2D eigenvalue weighted by molar-refractivity contribution is 5.62. The fourth-order valence-corrected chi connectivity index (χ4v) is 2.82. The summed E-state index contributed by atoms with van der Waals surface area (Å²) >= 11 is 0. The number of rotatable bonds is 6. The van der Waals surface area contributed by atoms with Crippen LogP contribution in [0.1, 0.15) is 16.7 Å². The maximum Gasteiger partial charge on any atom is 0.221 e. The van der Waals surface area contributed by atoms with Gasteiger partial charge in [-0.25, -0.2) is 10.8 Å². The van der Waals surface area contributed by atoms with Gasteiger partial charge < -0.3 is 10.1 Å². The van der Waals surface area contributed by atoms with Gasteiger partial charge in [0.2, 0.25) is 12.4 Å². The largest absolute Gasteiger partial charge is 0.489 e. The van der Waals surface area contributed by atoms with E-state index in [4.69, 9.17) is 9.53 Å². The standard InChI is InChI=1S/C21H21FN2O.CH4N2O/c1-14-6-4-8-19(23-3)17(14)13-25-20-11-10-16(12-15(20)2)18-7-5-9-21(22)24-18;2-3-1-4/h4-12,23H,13H2,1-3H3;1H,2H2,(H,3,4). The molecule has 1 aromatic heterocycles. The summed E-state index contributed by atoms with van der Waals surface area (Å²) in [7, 11) is 1.91. The van der Waals surface area contributed by atoms with Crippen molar-refractivity contribution in [3.05, 3.63) is 77.2 Å². The number of aryl methyl sites for hydroxylation is 2. The molecule has 0 aliphatic rings. The summed E-state index contributed by atoms with van der Waals surface area (Å²) in [5.41, 5.74) is 7.62. The van der Waals surface area contributed by atoms with E-state index >= 15 is 0 Å². The van der Waals surface area contributed by atoms with Gasteiger partial charge in [-0.2, -0.15) is 4.39 Å². The molecule has 0 bridgehead atoms. The summed E-state index contributed by atoms with van der Waals surface area (Å²) in [6.45, 7) is 4.54. The molecule has 7 heteroatoms. The van der Waals surface area contributed by atoms with Crippen LogP contribution >= 0.6 is 0 Å². The number of anilines is 1. The normalized spacial score (nSPS) is 9.83. The van der Waals surface area contributed by atoms with Crippen LogP contribution in [-0.4, -0.2) is 18.4 Å². The first-order valence-electron chi connectivity index (χ1n) is 9.02. The van der Waals surface area contributed by atoms with Crippen molar-refractivity contribution in [3.8, 4) is 17.0 Å². The molecule has 0 saturated carbocycles. The lowest BCUT2D eigenvalue weighted by molar-refractivity contribution is -0.109. The summed E-state index contributed by atoms with van der Waals surface area (Å²) in [6, 6.07) is 16.7. The Kier molecular flexibility index (Phi) is 8.12. The molecule has 0 aliphatic heterocycles. The molecule has 3 aromatic rings. The maximum absolute atomic E-state index is 13.3. The Morgan fingerprint density at radius 1 is 1.10 bits per heavy atom. The van der Waals surface area contributed by atoms with Gasteiger partial charge in [-0.3, -0.25) is 10.2 Å².